The Bertz CT molecular complexity index is 1180. The van der Waals surface area contributed by atoms with Crippen molar-refractivity contribution in [3.05, 3.63) is 80.6 Å². The van der Waals surface area contributed by atoms with Gasteiger partial charge in [-0.25, -0.2) is 9.59 Å². The third-order valence-electron chi connectivity index (χ3n) is 4.62. The van der Waals surface area contributed by atoms with Gasteiger partial charge in [0.15, 0.2) is 0 Å². The molecule has 6 nitrogen and oxygen atoms in total. The normalized spacial score (nSPS) is 11.1. The maximum Gasteiger partial charge on any atom is 0.339 e. The summed E-state index contributed by atoms with van der Waals surface area (Å²) in [6.45, 7) is 3.83. The molecule has 30 heavy (non-hydrogen) atoms. The first-order chi connectivity index (χ1) is 14.2. The van der Waals surface area contributed by atoms with Crippen LogP contribution in [-0.2, 0) is 4.74 Å². The highest BCUT2D eigenvalue weighted by Crippen LogP contribution is 2.26. The molecule has 0 atom stereocenters. The second-order valence-corrected chi connectivity index (χ2v) is 7.36. The van der Waals surface area contributed by atoms with Gasteiger partial charge >= 0.3 is 11.9 Å². The Labute approximate surface area is 183 Å². The van der Waals surface area contributed by atoms with Crippen LogP contribution in [0.3, 0.4) is 0 Å². The van der Waals surface area contributed by atoms with Gasteiger partial charge in [0.05, 0.1) is 34.0 Å². The van der Waals surface area contributed by atoms with Crippen LogP contribution in [0.15, 0.2) is 47.5 Å². The van der Waals surface area contributed by atoms with Crippen LogP contribution in [0.2, 0.25) is 10.0 Å². The number of esters is 1. The summed E-state index contributed by atoms with van der Waals surface area (Å²) in [6.07, 6.45) is 1.69. The number of aliphatic imine (C=N–C) groups is 1. The zero-order chi connectivity index (χ0) is 22.0. The molecule has 8 heteroatoms. The van der Waals surface area contributed by atoms with Crippen LogP contribution in [0.1, 0.15) is 37.7 Å². The largest absolute Gasteiger partial charge is 0.478 e. The minimum Gasteiger partial charge on any atom is -0.478 e. The van der Waals surface area contributed by atoms with Crippen molar-refractivity contribution in [3.8, 4) is 5.69 Å². The predicted molar refractivity (Wildman–Crippen MR) is 117 cm³/mol. The summed E-state index contributed by atoms with van der Waals surface area (Å²) in [5.74, 6) is -1.60. The molecule has 1 heterocycles. The molecule has 3 aromatic rings. The van der Waals surface area contributed by atoms with Gasteiger partial charge in [0, 0.05) is 28.9 Å². The van der Waals surface area contributed by atoms with Crippen molar-refractivity contribution in [1.29, 1.82) is 0 Å². The number of nitrogens with zero attached hydrogens (tertiary/aromatic N) is 2. The zero-order valence-electron chi connectivity index (χ0n) is 16.4. The number of aromatic nitrogens is 1. The lowest BCUT2D eigenvalue weighted by Gasteiger charge is -2.11. The first-order valence-electron chi connectivity index (χ1n) is 8.87. The molecule has 0 radical (unpaired) electrons. The first-order valence-corrected chi connectivity index (χ1v) is 9.62. The number of aryl methyl sites for hydroxylation is 1. The van der Waals surface area contributed by atoms with E-state index in [0.717, 1.165) is 17.0 Å². The molecule has 0 aliphatic heterocycles. The van der Waals surface area contributed by atoms with E-state index < -0.39 is 11.9 Å². The van der Waals surface area contributed by atoms with Crippen LogP contribution in [0.4, 0.5) is 5.69 Å². The Hall–Kier alpha value is -3.09. The molecule has 1 aromatic heterocycles. The van der Waals surface area contributed by atoms with Gasteiger partial charge in [0.2, 0.25) is 0 Å². The van der Waals surface area contributed by atoms with Crippen LogP contribution >= 0.6 is 23.2 Å². The highest BCUT2D eigenvalue weighted by Gasteiger charge is 2.14. The van der Waals surface area contributed by atoms with Gasteiger partial charge in [-0.1, -0.05) is 23.2 Å². The summed E-state index contributed by atoms with van der Waals surface area (Å²) in [5, 5.41) is 9.77. The van der Waals surface area contributed by atoms with Crippen LogP contribution in [0.5, 0.6) is 0 Å². The second kappa shape index (κ2) is 8.73. The van der Waals surface area contributed by atoms with Crippen LogP contribution < -0.4 is 0 Å². The van der Waals surface area contributed by atoms with E-state index in [4.69, 9.17) is 23.2 Å². The standard InChI is InChI=1S/C22H18Cl2N2O4/c1-12-8-14(11-25-15-4-6-17(20(24)9-15)22(29)30-3)13(2)26(12)16-5-7-19(23)18(10-16)21(27)28/h4-11H,1-3H3,(H,27,28). The van der Waals surface area contributed by atoms with Crippen molar-refractivity contribution in [1.82, 2.24) is 4.57 Å². The average molecular weight is 445 g/mol. The van der Waals surface area contributed by atoms with E-state index in [1.165, 1.54) is 13.2 Å². The molecule has 154 valence electrons. The van der Waals surface area contributed by atoms with Gasteiger partial charge in [-0.2, -0.15) is 0 Å². The molecule has 0 bridgehead atoms. The smallest absolute Gasteiger partial charge is 0.339 e. The molecule has 2 aromatic carbocycles. The molecule has 3 rings (SSSR count). The maximum atomic E-state index is 11.6. The Morgan fingerprint density at radius 3 is 2.40 bits per heavy atom. The number of carboxylic acid groups (broad SMARTS) is 1. The lowest BCUT2D eigenvalue weighted by atomic mass is 10.2. The average Bonchev–Trinajstić information content (AvgIpc) is 2.99. The molecule has 0 saturated heterocycles. The van der Waals surface area contributed by atoms with Crippen molar-refractivity contribution >= 4 is 47.0 Å². The van der Waals surface area contributed by atoms with E-state index in [1.54, 1.807) is 36.5 Å². The van der Waals surface area contributed by atoms with E-state index in [9.17, 15) is 14.7 Å². The number of benzene rings is 2. The van der Waals surface area contributed by atoms with Gasteiger partial charge in [0.1, 0.15) is 0 Å². The second-order valence-electron chi connectivity index (χ2n) is 6.55. The number of aromatic carboxylic acids is 1. The van der Waals surface area contributed by atoms with Gasteiger partial charge < -0.3 is 14.4 Å². The summed E-state index contributed by atoms with van der Waals surface area (Å²) >= 11 is 12.1. The van der Waals surface area contributed by atoms with Crippen LogP contribution in [-0.4, -0.2) is 34.9 Å². The van der Waals surface area contributed by atoms with Crippen molar-refractivity contribution in [2.24, 2.45) is 4.99 Å². The molecule has 0 aliphatic rings. The minimum atomic E-state index is -1.08. The van der Waals surface area contributed by atoms with Crippen LogP contribution in [0, 0.1) is 13.8 Å². The summed E-state index contributed by atoms with van der Waals surface area (Å²) in [7, 11) is 1.29. The Kier molecular flexibility index (Phi) is 6.29. The van der Waals surface area contributed by atoms with Crippen molar-refractivity contribution < 1.29 is 19.4 Å². The fourth-order valence-corrected chi connectivity index (χ4v) is 3.59. The molecular weight excluding hydrogens is 427 g/mol. The molecule has 0 aliphatic carbocycles. The van der Waals surface area contributed by atoms with Crippen molar-refractivity contribution in [2.75, 3.05) is 7.11 Å². The van der Waals surface area contributed by atoms with Gasteiger partial charge in [-0.05, 0) is 56.3 Å². The Balaban J connectivity index is 1.95. The van der Waals surface area contributed by atoms with E-state index in [-0.39, 0.29) is 21.2 Å². The SMILES string of the molecule is COC(=O)c1ccc(N=Cc2cc(C)n(-c3ccc(Cl)c(C(=O)O)c3)c2C)cc1Cl. The number of carboxylic acids is 1. The van der Waals surface area contributed by atoms with Gasteiger partial charge in [-0.15, -0.1) is 0 Å². The highest BCUT2D eigenvalue weighted by atomic mass is 35.5. The van der Waals surface area contributed by atoms with E-state index >= 15 is 0 Å². The monoisotopic (exact) mass is 444 g/mol. The Morgan fingerprint density at radius 2 is 1.77 bits per heavy atom. The topological polar surface area (TPSA) is 80.9 Å². The van der Waals surface area contributed by atoms with Gasteiger partial charge in [0.25, 0.3) is 0 Å². The number of carbonyl (C=O) groups is 2. The highest BCUT2D eigenvalue weighted by molar-refractivity contribution is 6.34. The van der Waals surface area contributed by atoms with Crippen LogP contribution in [0.25, 0.3) is 5.69 Å². The maximum absolute atomic E-state index is 11.6. The molecule has 0 saturated carbocycles. The zero-order valence-corrected chi connectivity index (χ0v) is 18.0. The summed E-state index contributed by atoms with van der Waals surface area (Å²) in [6, 6.07) is 11.6. The van der Waals surface area contributed by atoms with E-state index in [2.05, 4.69) is 9.73 Å². The number of halogens is 2. The minimum absolute atomic E-state index is 0.0391. The van der Waals surface area contributed by atoms with Crippen molar-refractivity contribution in [2.45, 2.75) is 13.8 Å². The summed E-state index contributed by atoms with van der Waals surface area (Å²) in [5.41, 5.74) is 4.23. The van der Waals surface area contributed by atoms with Gasteiger partial charge in [-0.3, -0.25) is 4.99 Å². The van der Waals surface area contributed by atoms with E-state index in [1.807, 2.05) is 24.5 Å². The number of ether oxygens (including phenoxy) is 1. The number of hydrogen-bond acceptors (Lipinski definition) is 4. The quantitative estimate of drug-likeness (QED) is 0.407. The fourth-order valence-electron chi connectivity index (χ4n) is 3.14. The van der Waals surface area contributed by atoms with Crippen molar-refractivity contribution in [3.63, 3.8) is 0 Å². The predicted octanol–water partition coefficient (Wildman–Crippen LogP) is 5.64. The summed E-state index contributed by atoms with van der Waals surface area (Å²) < 4.78 is 6.61. The third-order valence-corrected chi connectivity index (χ3v) is 5.26. The number of methoxy groups -OCH3 is 1. The molecule has 0 amide bonds. The lowest BCUT2D eigenvalue weighted by Crippen LogP contribution is -2.03. The molecular formula is C22H18Cl2N2O4. The number of carbonyl (C=O) groups excluding carboxylic acids is 1. The summed E-state index contributed by atoms with van der Waals surface area (Å²) in [4.78, 5) is 27.5. The molecule has 0 unspecified atom stereocenters. The lowest BCUT2D eigenvalue weighted by molar-refractivity contribution is 0.0600. The molecule has 0 spiro atoms. The Morgan fingerprint density at radius 1 is 1.03 bits per heavy atom. The number of hydrogen-bond donors (Lipinski definition) is 1. The first kappa shape index (κ1) is 21.6. The third kappa shape index (κ3) is 4.25. The number of rotatable bonds is 5. The molecule has 1 N–H and O–H groups in total. The van der Waals surface area contributed by atoms with E-state index in [0.29, 0.717) is 11.4 Å². The molecule has 0 fully saturated rings. The fraction of sp³-hybridized carbons (Fsp3) is 0.136.